The molecule has 0 atom stereocenters. The highest BCUT2D eigenvalue weighted by Gasteiger charge is 2.21. The van der Waals surface area contributed by atoms with E-state index in [4.69, 9.17) is 14.2 Å². The lowest BCUT2D eigenvalue weighted by Gasteiger charge is -2.13. The highest BCUT2D eigenvalue weighted by atomic mass is 32.2. The van der Waals surface area contributed by atoms with E-state index in [0.29, 0.717) is 29.4 Å². The molecule has 4 rings (SSSR count). The van der Waals surface area contributed by atoms with Gasteiger partial charge in [-0.25, -0.2) is 13.4 Å². The molecule has 2 aromatic carbocycles. The molecule has 0 saturated carbocycles. The van der Waals surface area contributed by atoms with Gasteiger partial charge in [0, 0.05) is 29.4 Å². The smallest absolute Gasteiger partial charge is 0.267 e. The lowest BCUT2D eigenvalue weighted by atomic mass is 10.1. The van der Waals surface area contributed by atoms with E-state index in [2.05, 4.69) is 9.71 Å². The number of fused-ring (bicyclic) bond motifs is 1. The molecule has 0 radical (unpaired) electrons. The van der Waals surface area contributed by atoms with Crippen molar-refractivity contribution in [2.75, 3.05) is 31.8 Å². The first kappa shape index (κ1) is 24.1. The first-order valence-corrected chi connectivity index (χ1v) is 12.6. The zero-order chi connectivity index (χ0) is 25.2. The minimum absolute atomic E-state index is 0.261. The van der Waals surface area contributed by atoms with E-state index in [1.54, 1.807) is 45.7 Å². The number of carbonyl (C=O) groups excluding carboxylic acids is 1. The molecule has 0 aliphatic heterocycles. The monoisotopic (exact) mass is 495 g/mol. The zero-order valence-corrected chi connectivity index (χ0v) is 20.5. The Hall–Kier alpha value is -4.05. The van der Waals surface area contributed by atoms with E-state index < -0.39 is 10.0 Å². The third-order valence-corrected chi connectivity index (χ3v) is 5.90. The number of sulfonamides is 1. The maximum absolute atomic E-state index is 13.7. The molecule has 0 spiro atoms. The lowest BCUT2D eigenvalue weighted by Crippen LogP contribution is -2.14. The number of anilines is 1. The quantitative estimate of drug-likeness (QED) is 0.391. The molecule has 1 N–H and O–H groups in total. The molecule has 9 nitrogen and oxygen atoms in total. The fourth-order valence-corrected chi connectivity index (χ4v) is 4.38. The van der Waals surface area contributed by atoms with Gasteiger partial charge in [0.1, 0.15) is 11.4 Å². The first-order chi connectivity index (χ1) is 16.8. The van der Waals surface area contributed by atoms with E-state index in [0.717, 1.165) is 22.8 Å². The van der Waals surface area contributed by atoms with E-state index >= 15 is 0 Å². The predicted octanol–water partition coefficient (Wildman–Crippen LogP) is 4.18. The van der Waals surface area contributed by atoms with Gasteiger partial charge in [-0.15, -0.1) is 0 Å². The standard InChI is InChI=1S/C25H25N3O6S/c1-5-34-22-14-17(27-35(4,30)31)9-10-19(22)25(29)28-15-20(18-7-6-12-26-24(18)28)16-8-11-21(32-2)23(13-16)33-3/h6-15,27H,5H2,1-4H3. The molecular weight excluding hydrogens is 470 g/mol. The number of benzene rings is 2. The maximum Gasteiger partial charge on any atom is 0.267 e. The SMILES string of the molecule is CCOc1cc(NS(C)(=O)=O)ccc1C(=O)n1cc(-c2ccc(OC)c(OC)c2)c2cccnc21. The van der Waals surface area contributed by atoms with Crippen molar-refractivity contribution in [1.82, 2.24) is 9.55 Å². The Morgan fingerprint density at radius 2 is 1.80 bits per heavy atom. The van der Waals surface area contributed by atoms with Crippen molar-refractivity contribution >= 4 is 32.7 Å². The normalized spacial score (nSPS) is 11.3. The molecule has 0 aliphatic carbocycles. The molecular formula is C25H25N3O6S. The summed E-state index contributed by atoms with van der Waals surface area (Å²) in [6, 6.07) is 13.8. The van der Waals surface area contributed by atoms with Crippen molar-refractivity contribution in [2.24, 2.45) is 0 Å². The van der Waals surface area contributed by atoms with Crippen molar-refractivity contribution in [1.29, 1.82) is 0 Å². The topological polar surface area (TPSA) is 109 Å². The Kier molecular flexibility index (Phi) is 6.65. The Labute approximate surface area is 203 Å². The summed E-state index contributed by atoms with van der Waals surface area (Å²) < 4.78 is 43.6. The minimum atomic E-state index is -3.49. The molecule has 182 valence electrons. The van der Waals surface area contributed by atoms with Gasteiger partial charge < -0.3 is 14.2 Å². The van der Waals surface area contributed by atoms with Crippen LogP contribution in [-0.4, -0.2) is 51.0 Å². The molecule has 2 aromatic heterocycles. The molecule has 0 aliphatic rings. The van der Waals surface area contributed by atoms with Gasteiger partial charge >= 0.3 is 0 Å². The van der Waals surface area contributed by atoms with Gasteiger partial charge in [0.2, 0.25) is 10.0 Å². The average molecular weight is 496 g/mol. The van der Waals surface area contributed by atoms with Crippen LogP contribution in [0.2, 0.25) is 0 Å². The van der Waals surface area contributed by atoms with Crippen LogP contribution in [-0.2, 0) is 10.0 Å². The number of ether oxygens (including phenoxy) is 3. The third kappa shape index (κ3) is 4.92. The molecule has 4 aromatic rings. The number of carbonyl (C=O) groups is 1. The van der Waals surface area contributed by atoms with Gasteiger partial charge in [0.25, 0.3) is 5.91 Å². The molecule has 0 amide bonds. The van der Waals surface area contributed by atoms with Gasteiger partial charge in [0.15, 0.2) is 11.5 Å². The fourth-order valence-electron chi connectivity index (χ4n) is 3.83. The van der Waals surface area contributed by atoms with Crippen LogP contribution >= 0.6 is 0 Å². The van der Waals surface area contributed by atoms with Gasteiger partial charge in [-0.1, -0.05) is 6.07 Å². The summed E-state index contributed by atoms with van der Waals surface area (Å²) in [5.41, 5.74) is 2.66. The van der Waals surface area contributed by atoms with Crippen molar-refractivity contribution in [3.8, 4) is 28.4 Å². The summed E-state index contributed by atoms with van der Waals surface area (Å²) in [6.07, 6.45) is 4.40. The predicted molar refractivity (Wildman–Crippen MR) is 134 cm³/mol. The van der Waals surface area contributed by atoms with Crippen molar-refractivity contribution in [3.05, 3.63) is 66.5 Å². The largest absolute Gasteiger partial charge is 0.493 e. The average Bonchev–Trinajstić information content (AvgIpc) is 3.22. The number of methoxy groups -OCH3 is 2. The summed E-state index contributed by atoms with van der Waals surface area (Å²) in [5.74, 6) is 1.05. The second-order valence-electron chi connectivity index (χ2n) is 7.68. The van der Waals surface area contributed by atoms with Crippen LogP contribution in [0.5, 0.6) is 17.2 Å². The number of nitrogens with one attached hydrogen (secondary N) is 1. The molecule has 2 heterocycles. The second kappa shape index (κ2) is 9.67. The minimum Gasteiger partial charge on any atom is -0.493 e. The molecule has 0 bridgehead atoms. The molecule has 35 heavy (non-hydrogen) atoms. The van der Waals surface area contributed by atoms with E-state index in [1.165, 1.54) is 22.8 Å². The Morgan fingerprint density at radius 3 is 2.49 bits per heavy atom. The molecule has 10 heteroatoms. The van der Waals surface area contributed by atoms with E-state index in [-0.39, 0.29) is 17.2 Å². The van der Waals surface area contributed by atoms with E-state index in [9.17, 15) is 13.2 Å². The second-order valence-corrected chi connectivity index (χ2v) is 9.43. The number of pyridine rings is 1. The lowest BCUT2D eigenvalue weighted by molar-refractivity contribution is 0.0960. The van der Waals surface area contributed by atoms with Crippen LogP contribution in [0, 0.1) is 0 Å². The van der Waals surface area contributed by atoms with Gasteiger partial charge in [-0.05, 0) is 48.9 Å². The first-order valence-electron chi connectivity index (χ1n) is 10.7. The Bertz CT molecular complexity index is 1510. The summed E-state index contributed by atoms with van der Waals surface area (Å²) in [7, 11) is -0.355. The van der Waals surface area contributed by atoms with E-state index in [1.807, 2.05) is 18.2 Å². The van der Waals surface area contributed by atoms with Gasteiger partial charge in [-0.3, -0.25) is 14.1 Å². The van der Waals surface area contributed by atoms with Crippen LogP contribution < -0.4 is 18.9 Å². The molecule has 0 saturated heterocycles. The summed E-state index contributed by atoms with van der Waals surface area (Å²) in [4.78, 5) is 18.1. The number of hydrogen-bond donors (Lipinski definition) is 1. The van der Waals surface area contributed by atoms with Crippen LogP contribution in [0.15, 0.2) is 60.9 Å². The van der Waals surface area contributed by atoms with Crippen LogP contribution in [0.3, 0.4) is 0 Å². The van der Waals surface area contributed by atoms with Crippen LogP contribution in [0.25, 0.3) is 22.2 Å². The summed E-state index contributed by atoms with van der Waals surface area (Å²) in [6.45, 7) is 2.08. The van der Waals surface area contributed by atoms with Crippen LogP contribution in [0.1, 0.15) is 17.3 Å². The van der Waals surface area contributed by atoms with Crippen molar-refractivity contribution in [3.63, 3.8) is 0 Å². The number of hydrogen-bond acceptors (Lipinski definition) is 7. The maximum atomic E-state index is 13.7. The summed E-state index contributed by atoms with van der Waals surface area (Å²) in [5, 5.41) is 0.779. The molecule has 0 unspecified atom stereocenters. The number of rotatable bonds is 8. The van der Waals surface area contributed by atoms with Crippen LogP contribution in [0.4, 0.5) is 5.69 Å². The number of aromatic nitrogens is 2. The van der Waals surface area contributed by atoms with Gasteiger partial charge in [0.05, 0.1) is 38.3 Å². The zero-order valence-electron chi connectivity index (χ0n) is 19.7. The van der Waals surface area contributed by atoms with Crippen molar-refractivity contribution < 1.29 is 27.4 Å². The molecule has 0 fully saturated rings. The Morgan fingerprint density at radius 1 is 1.03 bits per heavy atom. The van der Waals surface area contributed by atoms with Gasteiger partial charge in [-0.2, -0.15) is 0 Å². The Balaban J connectivity index is 1.84. The third-order valence-electron chi connectivity index (χ3n) is 5.29. The summed E-state index contributed by atoms with van der Waals surface area (Å²) >= 11 is 0. The van der Waals surface area contributed by atoms with Crippen molar-refractivity contribution in [2.45, 2.75) is 6.92 Å². The highest BCUT2D eigenvalue weighted by Crippen LogP contribution is 2.36. The highest BCUT2D eigenvalue weighted by molar-refractivity contribution is 7.92. The fraction of sp³-hybridized carbons (Fsp3) is 0.200. The number of nitrogens with zero attached hydrogens (tertiary/aromatic N) is 2.